The fraction of sp³-hybridized carbons (Fsp3) is 0.316. The Labute approximate surface area is 165 Å². The lowest BCUT2D eigenvalue weighted by atomic mass is 9.84. The van der Waals surface area contributed by atoms with Crippen LogP contribution in [0.15, 0.2) is 47.4 Å². The smallest absolute Gasteiger partial charge is 0.306 e. The molecule has 8 heteroatoms. The molecule has 0 saturated carbocycles. The molecule has 0 spiro atoms. The van der Waals surface area contributed by atoms with E-state index in [0.29, 0.717) is 5.56 Å². The molecular weight excluding hydrogens is 393 g/mol. The van der Waals surface area contributed by atoms with Crippen LogP contribution in [-0.2, 0) is 9.53 Å². The molecular formula is C19H17ClFNO4S. The summed E-state index contributed by atoms with van der Waals surface area (Å²) in [5, 5.41) is 11.4. The summed E-state index contributed by atoms with van der Waals surface area (Å²) in [6, 6.07) is 10.2. The molecule has 1 aliphatic heterocycles. The van der Waals surface area contributed by atoms with Gasteiger partial charge in [0, 0.05) is 20.4 Å². The number of esters is 1. The highest BCUT2D eigenvalue weighted by atomic mass is 35.5. The number of hydrogen-bond acceptors (Lipinski definition) is 5. The van der Waals surface area contributed by atoms with E-state index in [2.05, 4.69) is 0 Å². The first-order chi connectivity index (χ1) is 12.9. The van der Waals surface area contributed by atoms with Gasteiger partial charge in [0.1, 0.15) is 11.1 Å². The first-order valence-corrected chi connectivity index (χ1v) is 9.67. The summed E-state index contributed by atoms with van der Waals surface area (Å²) in [5.41, 5.74) is 0.914. The van der Waals surface area contributed by atoms with Gasteiger partial charge in [-0.3, -0.25) is 14.9 Å². The minimum atomic E-state index is -1.18. The van der Waals surface area contributed by atoms with E-state index in [9.17, 15) is 19.3 Å². The summed E-state index contributed by atoms with van der Waals surface area (Å²) >= 11 is 7.06. The van der Waals surface area contributed by atoms with Gasteiger partial charge in [0.05, 0.1) is 18.9 Å². The molecule has 27 heavy (non-hydrogen) atoms. The van der Waals surface area contributed by atoms with Crippen molar-refractivity contribution >= 4 is 29.3 Å². The van der Waals surface area contributed by atoms with Gasteiger partial charge in [0.15, 0.2) is 0 Å². The molecule has 0 amide bonds. The van der Waals surface area contributed by atoms with E-state index in [0.717, 1.165) is 11.0 Å². The Morgan fingerprint density at radius 3 is 2.70 bits per heavy atom. The molecule has 0 N–H and O–H groups in total. The van der Waals surface area contributed by atoms with Crippen LogP contribution in [0.2, 0.25) is 5.02 Å². The van der Waals surface area contributed by atoms with Gasteiger partial charge in [0.2, 0.25) is 6.04 Å². The molecule has 0 aliphatic carbocycles. The highest BCUT2D eigenvalue weighted by molar-refractivity contribution is 7.99. The van der Waals surface area contributed by atoms with Gasteiger partial charge >= 0.3 is 5.97 Å². The largest absolute Gasteiger partial charge is 0.466 e. The van der Waals surface area contributed by atoms with E-state index in [1.54, 1.807) is 19.1 Å². The fourth-order valence-corrected chi connectivity index (χ4v) is 5.05. The highest BCUT2D eigenvalue weighted by Gasteiger charge is 2.47. The van der Waals surface area contributed by atoms with Gasteiger partial charge in [-0.1, -0.05) is 35.9 Å². The van der Waals surface area contributed by atoms with Crippen LogP contribution >= 0.6 is 23.4 Å². The zero-order valence-corrected chi connectivity index (χ0v) is 16.0. The number of carbonyl (C=O) groups excluding carboxylic acids is 1. The molecule has 3 atom stereocenters. The molecule has 3 rings (SSSR count). The monoisotopic (exact) mass is 409 g/mol. The second-order valence-electron chi connectivity index (χ2n) is 6.13. The zero-order chi connectivity index (χ0) is 19.6. The lowest BCUT2D eigenvalue weighted by molar-refractivity contribution is -0.527. The Balaban J connectivity index is 2.09. The normalized spacial score (nSPS) is 21.4. The fourth-order valence-electron chi connectivity index (χ4n) is 3.36. The third-order valence-corrected chi connectivity index (χ3v) is 6.15. The number of halogens is 2. The van der Waals surface area contributed by atoms with Gasteiger partial charge < -0.3 is 4.74 Å². The second kappa shape index (κ2) is 8.27. The second-order valence-corrected chi connectivity index (χ2v) is 7.75. The Morgan fingerprint density at radius 1 is 1.30 bits per heavy atom. The van der Waals surface area contributed by atoms with Crippen molar-refractivity contribution in [1.29, 1.82) is 0 Å². The van der Waals surface area contributed by atoms with Crippen LogP contribution in [0.5, 0.6) is 0 Å². The first-order valence-electron chi connectivity index (χ1n) is 8.42. The van der Waals surface area contributed by atoms with Gasteiger partial charge in [0.25, 0.3) is 0 Å². The molecule has 142 valence electrons. The Hall–Kier alpha value is -2.12. The number of hydrogen-bond donors (Lipinski definition) is 0. The van der Waals surface area contributed by atoms with Crippen molar-refractivity contribution in [3.05, 3.63) is 74.5 Å². The predicted molar refractivity (Wildman–Crippen MR) is 101 cm³/mol. The third-order valence-electron chi connectivity index (χ3n) is 4.50. The molecule has 0 fully saturated rings. The summed E-state index contributed by atoms with van der Waals surface area (Å²) in [7, 11) is 0. The zero-order valence-electron chi connectivity index (χ0n) is 14.4. The predicted octanol–water partition coefficient (Wildman–Crippen LogP) is 5.01. The summed E-state index contributed by atoms with van der Waals surface area (Å²) in [4.78, 5) is 24.4. The average molecular weight is 410 g/mol. The molecule has 0 bridgehead atoms. The van der Waals surface area contributed by atoms with Crippen LogP contribution < -0.4 is 0 Å². The number of carbonyl (C=O) groups is 1. The molecule has 0 saturated heterocycles. The molecule has 5 nitrogen and oxygen atoms in total. The van der Waals surface area contributed by atoms with Crippen LogP contribution in [0, 0.1) is 15.9 Å². The molecule has 0 aromatic heterocycles. The molecule has 1 heterocycles. The van der Waals surface area contributed by atoms with Crippen molar-refractivity contribution in [1.82, 2.24) is 0 Å². The number of thioether (sulfide) groups is 1. The van der Waals surface area contributed by atoms with E-state index >= 15 is 0 Å². The Morgan fingerprint density at radius 2 is 2.04 bits per heavy atom. The Kier molecular flexibility index (Phi) is 6.01. The van der Waals surface area contributed by atoms with Gasteiger partial charge in [-0.2, -0.15) is 0 Å². The van der Waals surface area contributed by atoms with Crippen LogP contribution in [0.1, 0.15) is 35.6 Å². The van der Waals surface area contributed by atoms with Gasteiger partial charge in [-0.05, 0) is 30.7 Å². The van der Waals surface area contributed by atoms with E-state index in [1.807, 2.05) is 12.1 Å². The maximum atomic E-state index is 14.5. The van der Waals surface area contributed by atoms with Crippen LogP contribution in [0.25, 0.3) is 0 Å². The van der Waals surface area contributed by atoms with Crippen molar-refractivity contribution in [3.8, 4) is 0 Å². The minimum absolute atomic E-state index is 0.136. The Bertz CT molecular complexity index is 879. The van der Waals surface area contributed by atoms with Gasteiger partial charge in [-0.25, -0.2) is 4.39 Å². The number of fused-ring (bicyclic) bond motifs is 1. The topological polar surface area (TPSA) is 69.4 Å². The first kappa shape index (κ1) is 19.6. The van der Waals surface area contributed by atoms with Crippen molar-refractivity contribution in [3.63, 3.8) is 0 Å². The van der Waals surface area contributed by atoms with Crippen molar-refractivity contribution in [2.45, 2.75) is 35.4 Å². The van der Waals surface area contributed by atoms with Crippen molar-refractivity contribution in [2.24, 2.45) is 0 Å². The van der Waals surface area contributed by atoms with Crippen molar-refractivity contribution in [2.75, 3.05) is 6.61 Å². The minimum Gasteiger partial charge on any atom is -0.466 e. The number of ether oxygens (including phenoxy) is 1. The van der Waals surface area contributed by atoms with Gasteiger partial charge in [-0.15, -0.1) is 11.8 Å². The van der Waals surface area contributed by atoms with E-state index in [4.69, 9.17) is 16.3 Å². The SMILES string of the molecule is CCOC(=O)C[C@H]1c2ccccc2S[C@H](c2ccc(Cl)cc2F)[C@H]1[N+](=O)[O-]. The summed E-state index contributed by atoms with van der Waals surface area (Å²) in [6.07, 6.45) is -0.136. The van der Waals surface area contributed by atoms with Crippen molar-refractivity contribution < 1.29 is 18.8 Å². The number of rotatable bonds is 5. The maximum absolute atomic E-state index is 14.5. The standard InChI is InChI=1S/C19H17ClFNO4S/c1-2-26-17(23)10-14-12-5-3-4-6-16(12)27-19(18(14)22(24)25)13-8-7-11(20)9-15(13)21/h3-9,14,18-19H,2,10H2,1H3/t14-,18-,19+/m0/s1. The quantitative estimate of drug-likeness (QED) is 0.394. The molecule has 1 aliphatic rings. The van der Waals surface area contributed by atoms with Crippen LogP contribution in [-0.4, -0.2) is 23.5 Å². The third kappa shape index (κ3) is 4.09. The summed E-state index contributed by atoms with van der Waals surface area (Å²) in [5.74, 6) is -1.82. The molecule has 2 aromatic carbocycles. The van der Waals surface area contributed by atoms with Crippen LogP contribution in [0.3, 0.4) is 0 Å². The number of nitrogens with zero attached hydrogens (tertiary/aromatic N) is 1. The summed E-state index contributed by atoms with van der Waals surface area (Å²) < 4.78 is 19.6. The average Bonchev–Trinajstić information content (AvgIpc) is 2.61. The lowest BCUT2D eigenvalue weighted by Crippen LogP contribution is -2.37. The molecule has 0 radical (unpaired) electrons. The van der Waals surface area contributed by atoms with E-state index in [1.165, 1.54) is 23.9 Å². The van der Waals surface area contributed by atoms with E-state index in [-0.39, 0.29) is 23.6 Å². The maximum Gasteiger partial charge on any atom is 0.306 e. The lowest BCUT2D eigenvalue weighted by Gasteiger charge is -2.33. The number of benzene rings is 2. The molecule has 2 aromatic rings. The number of nitro groups is 1. The highest BCUT2D eigenvalue weighted by Crippen LogP contribution is 2.52. The molecule has 0 unspecified atom stereocenters. The van der Waals surface area contributed by atoms with Crippen LogP contribution in [0.4, 0.5) is 4.39 Å². The van der Waals surface area contributed by atoms with E-state index < -0.39 is 33.9 Å². The summed E-state index contributed by atoms with van der Waals surface area (Å²) in [6.45, 7) is 1.87.